The van der Waals surface area contributed by atoms with Crippen molar-refractivity contribution < 1.29 is 49.2 Å². The Balaban J connectivity index is 0.000000119. The molecule has 124 heavy (non-hydrogen) atoms. The number of hydrogen-bond acceptors (Lipinski definition) is 19. The average Bonchev–Trinajstić information content (AvgIpc) is 1.65. The van der Waals surface area contributed by atoms with Gasteiger partial charge >= 0.3 is 5.97 Å². The molecule has 0 saturated carbocycles. The molecule has 8 aromatic carbocycles. The first kappa shape index (κ1) is 79.1. The van der Waals surface area contributed by atoms with E-state index in [4.69, 9.17) is 31.7 Å². The second-order valence-electron chi connectivity index (χ2n) is 31.0. The fourth-order valence-corrected chi connectivity index (χ4v) is 16.3. The Kier molecular flexibility index (Phi) is 22.2. The van der Waals surface area contributed by atoms with Crippen LogP contribution in [0.2, 0.25) is 0 Å². The molecule has 4 aliphatic rings. The van der Waals surface area contributed by atoms with Gasteiger partial charge in [0.1, 0.15) is 68.9 Å². The summed E-state index contributed by atoms with van der Waals surface area (Å²) < 4.78 is 104. The molecule has 0 spiro atoms. The third-order valence-corrected chi connectivity index (χ3v) is 22.3. The zero-order valence-electron chi connectivity index (χ0n) is 71.6. The predicted octanol–water partition coefficient (Wildman–Crippen LogP) is 18.1. The van der Waals surface area contributed by atoms with Gasteiger partial charge in [0, 0.05) is 177 Å². The van der Waals surface area contributed by atoms with Crippen molar-refractivity contribution in [2.45, 2.75) is 107 Å². The monoisotopic (exact) mass is 1670 g/mol. The lowest BCUT2D eigenvalue weighted by atomic mass is 9.98. The number of carbonyl (C=O) groups is 1. The number of imidazole rings is 4. The minimum Gasteiger partial charge on any atom is -0.493 e. The highest BCUT2D eigenvalue weighted by Gasteiger charge is 2.27. The number of carboxylic acid groups (broad SMARTS) is 1. The normalized spacial score (nSPS) is 13.0. The van der Waals surface area contributed by atoms with E-state index in [1.807, 2.05) is 122 Å². The van der Waals surface area contributed by atoms with Crippen LogP contribution in [0.3, 0.4) is 0 Å². The minimum absolute atomic E-state index is 0.191. The molecule has 0 aliphatic carbocycles. The van der Waals surface area contributed by atoms with Crippen LogP contribution in [0.4, 0.5) is 41.4 Å². The number of nitriles is 1. The van der Waals surface area contributed by atoms with E-state index in [9.17, 15) is 32.7 Å². The Hall–Kier alpha value is -14.7. The summed E-state index contributed by atoms with van der Waals surface area (Å²) in [6, 6.07) is 40.9. The zero-order chi connectivity index (χ0) is 87.9. The SMILES string of the molecule is Cc1ccc(-c2cnc(NCc3c(F)ccc4c3CCO4)n3cc(C)nc23)cc1.Cc1cn2c(NCc3c(F)ccc4c3CCO4)ncc(-c3cccc(C#N)c3C)c2n1.Cc1cn2c(NCc3c(F)ccc4c3CCO4)ncc(-c3cccc(C(=O)O)c3)c2n1.[2H]C([2H])(c1ccc(-c2cnc(NCc3c(F)ccc4c3CCO4)n3cc(C)nc23)c(C)c1)N(C)C. The Morgan fingerprint density at radius 3 is 1.20 bits per heavy atom. The highest BCUT2D eigenvalue weighted by Crippen LogP contribution is 2.39. The molecule has 0 saturated heterocycles. The van der Waals surface area contributed by atoms with Crippen LogP contribution < -0.4 is 40.2 Å². The lowest BCUT2D eigenvalue weighted by Gasteiger charge is -2.15. The second-order valence-corrected chi connectivity index (χ2v) is 31.0. The van der Waals surface area contributed by atoms with Gasteiger partial charge in [-0.1, -0.05) is 72.3 Å². The minimum atomic E-state index is -1.58. The van der Waals surface area contributed by atoms with E-state index >= 15 is 0 Å². The molecule has 0 atom stereocenters. The summed E-state index contributed by atoms with van der Waals surface area (Å²) >= 11 is 0. The molecule has 626 valence electrons. The standard InChI is InChI=1S/C26H28FN5O.C24H20FN5O.C23H19FN4O3.C23H21FN4O/c1-16-11-18(15-31(3)4)5-6-19(16)22-13-29-26(32-14-17(2)30-25(22)32)28-12-21-20-9-10-33-24(20)8-7-23(21)27;1-14-13-30-23(29-14)20(17-5-3-4-16(10-26)15(17)2)12-28-24(30)27-11-19-18-8-9-31-22(18)7-6-21(19)25;1-13-12-28-21(27-13)17(14-3-2-4-15(9-14)22(29)30)10-25-23(28)26-11-18-16-7-8-31-20(16)6-5-19(18)24;1-14-3-5-16(6-4-14)18-11-25-23(28-13-15(2)27-22(18)28)26-12-19-17-9-10-29-21(17)8-7-20(19)24/h5-8,11,13-14H,9-10,12,15H2,1-4H3,(H,28,29);3-7,12-13H,8-9,11H2,1-2H3,(H,27,28);2-6,9-10,12H,7-8,11H2,1H3,(H,25,26)(H,29,30);3-8,11,13H,9-10,12H2,1-2H3,(H,25,26)/i15D2;;;. The molecule has 12 heterocycles. The number of aromatic carboxylic acids is 1. The number of fused-ring (bicyclic) bond motifs is 8. The maximum atomic E-state index is 14.6. The Morgan fingerprint density at radius 2 is 0.823 bits per heavy atom. The highest BCUT2D eigenvalue weighted by molar-refractivity contribution is 5.91. The van der Waals surface area contributed by atoms with Crippen molar-refractivity contribution in [2.75, 3.05) is 61.8 Å². The molecule has 24 nitrogen and oxygen atoms in total. The summed E-state index contributed by atoms with van der Waals surface area (Å²) in [5.41, 5.74) is 23.7. The molecule has 28 heteroatoms. The van der Waals surface area contributed by atoms with Gasteiger partial charge in [-0.25, -0.2) is 62.2 Å². The van der Waals surface area contributed by atoms with Crippen LogP contribution in [0.15, 0.2) is 183 Å². The third kappa shape index (κ3) is 16.6. The summed E-state index contributed by atoms with van der Waals surface area (Å²) in [6.45, 7) is 15.5. The van der Waals surface area contributed by atoms with Gasteiger partial charge < -0.3 is 50.2 Å². The van der Waals surface area contributed by atoms with E-state index in [0.717, 1.165) is 136 Å². The van der Waals surface area contributed by atoms with Crippen molar-refractivity contribution in [1.82, 2.24) is 62.4 Å². The number of nitrogens with one attached hydrogen (secondary N) is 4. The van der Waals surface area contributed by atoms with Crippen LogP contribution in [-0.4, -0.2) is 114 Å². The molecule has 0 amide bonds. The maximum Gasteiger partial charge on any atom is 0.335 e. The second kappa shape index (κ2) is 34.8. The number of ether oxygens (including phenoxy) is 4. The van der Waals surface area contributed by atoms with E-state index < -0.39 is 12.5 Å². The van der Waals surface area contributed by atoms with E-state index in [0.29, 0.717) is 133 Å². The number of halogens is 4. The van der Waals surface area contributed by atoms with Gasteiger partial charge in [0.15, 0.2) is 0 Å². The van der Waals surface area contributed by atoms with E-state index in [2.05, 4.69) is 88.4 Å². The Labute approximate surface area is 714 Å². The van der Waals surface area contributed by atoms with E-state index in [1.165, 1.54) is 29.8 Å². The number of aryl methyl sites for hydroxylation is 6. The topological polar surface area (TPSA) is 270 Å². The molecular formula is C96H88F4N18O6. The highest BCUT2D eigenvalue weighted by atomic mass is 19.1. The molecule has 0 radical (unpaired) electrons. The molecule has 8 aromatic heterocycles. The molecule has 0 unspecified atom stereocenters. The lowest BCUT2D eigenvalue weighted by molar-refractivity contribution is 0.0696. The van der Waals surface area contributed by atoms with Gasteiger partial charge in [0.2, 0.25) is 23.8 Å². The molecule has 5 N–H and O–H groups in total. The van der Waals surface area contributed by atoms with Crippen LogP contribution in [0.5, 0.6) is 23.0 Å². The molecule has 16 aromatic rings. The van der Waals surface area contributed by atoms with Crippen LogP contribution in [0.1, 0.15) is 108 Å². The average molecular weight is 1670 g/mol. The van der Waals surface area contributed by atoms with Gasteiger partial charge in [-0.05, 0) is 168 Å². The fourth-order valence-electron chi connectivity index (χ4n) is 16.3. The maximum absolute atomic E-state index is 14.6. The van der Waals surface area contributed by atoms with Crippen LogP contribution >= 0.6 is 0 Å². The summed E-state index contributed by atoms with van der Waals surface area (Å²) in [4.78, 5) is 50.0. The van der Waals surface area contributed by atoms with Gasteiger partial charge in [0.05, 0.1) is 66.4 Å². The zero-order valence-corrected chi connectivity index (χ0v) is 69.6. The molecule has 4 aliphatic heterocycles. The van der Waals surface area contributed by atoms with Crippen molar-refractivity contribution in [3.63, 3.8) is 0 Å². The van der Waals surface area contributed by atoms with Crippen LogP contribution in [0.25, 0.3) is 67.1 Å². The first-order valence-corrected chi connectivity index (χ1v) is 40.6. The summed E-state index contributed by atoms with van der Waals surface area (Å²) in [5, 5.41) is 31.7. The summed E-state index contributed by atoms with van der Waals surface area (Å²) in [6.07, 6.45) is 17.4. The smallest absolute Gasteiger partial charge is 0.335 e. The van der Waals surface area contributed by atoms with E-state index in [1.54, 1.807) is 90.5 Å². The van der Waals surface area contributed by atoms with Crippen molar-refractivity contribution >= 4 is 52.4 Å². The Morgan fingerprint density at radius 1 is 0.452 bits per heavy atom. The van der Waals surface area contributed by atoms with Crippen molar-refractivity contribution in [3.05, 3.63) is 307 Å². The van der Waals surface area contributed by atoms with Gasteiger partial charge in [-0.2, -0.15) is 5.26 Å². The van der Waals surface area contributed by atoms with Crippen molar-refractivity contribution in [2.24, 2.45) is 0 Å². The molecule has 0 fully saturated rings. The first-order valence-electron chi connectivity index (χ1n) is 41.6. The number of hydrogen-bond donors (Lipinski definition) is 5. The predicted molar refractivity (Wildman–Crippen MR) is 468 cm³/mol. The molecule has 20 rings (SSSR count). The first-order chi connectivity index (χ1) is 60.8. The number of anilines is 4. The number of benzene rings is 8. The van der Waals surface area contributed by atoms with Crippen molar-refractivity contribution in [1.29, 1.82) is 5.26 Å². The summed E-state index contributed by atoms with van der Waals surface area (Å²) in [5.74, 6) is 3.27. The fraction of sp³-hybridized carbons (Fsp3) is 0.229. The molecule has 0 bridgehead atoms. The Bertz CT molecular complexity index is 7000. The molecular weight excluding hydrogens is 1580 g/mol. The largest absolute Gasteiger partial charge is 0.493 e. The van der Waals surface area contributed by atoms with Gasteiger partial charge in [0.25, 0.3) is 0 Å². The third-order valence-electron chi connectivity index (χ3n) is 22.3. The quantitative estimate of drug-likeness (QED) is 0.0471. The lowest BCUT2D eigenvalue weighted by Crippen LogP contribution is -2.11. The van der Waals surface area contributed by atoms with Crippen molar-refractivity contribution in [3.8, 4) is 73.6 Å². The summed E-state index contributed by atoms with van der Waals surface area (Å²) in [7, 11) is 3.44. The van der Waals surface area contributed by atoms with E-state index in [-0.39, 0.29) is 41.9 Å². The van der Waals surface area contributed by atoms with Crippen LogP contribution in [0, 0.1) is 83.1 Å². The van der Waals surface area contributed by atoms with Crippen LogP contribution in [-0.2, 0) is 58.4 Å². The number of aromatic nitrogens is 12. The number of nitrogens with zero attached hydrogens (tertiary/aromatic N) is 14. The van der Waals surface area contributed by atoms with Gasteiger partial charge in [-0.15, -0.1) is 0 Å². The number of rotatable bonds is 19. The number of carboxylic acids is 1. The van der Waals surface area contributed by atoms with Gasteiger partial charge in [-0.3, -0.25) is 17.6 Å².